The molecule has 0 amide bonds. The molecule has 0 aliphatic rings. The van der Waals surface area contributed by atoms with Gasteiger partial charge in [0.1, 0.15) is 17.2 Å². The number of carbonyl (C=O) groups excluding carboxylic acids is 2. The van der Waals surface area contributed by atoms with Gasteiger partial charge >= 0.3 is 25.7 Å². The van der Waals surface area contributed by atoms with Crippen molar-refractivity contribution >= 4 is 52.4 Å². The van der Waals surface area contributed by atoms with Crippen LogP contribution in [-0.4, -0.2) is 43.1 Å². The molecule has 0 N–H and O–H groups in total. The number of rotatable bonds is 13. The van der Waals surface area contributed by atoms with E-state index in [0.29, 0.717) is 47.2 Å². The van der Waals surface area contributed by atoms with Crippen LogP contribution in [0, 0.1) is 11.8 Å². The van der Waals surface area contributed by atoms with Crippen LogP contribution in [0.5, 0.6) is 11.5 Å². The minimum atomic E-state index is -4.50. The maximum atomic E-state index is 12.7. The normalized spacial score (nSPS) is 10.4. The van der Waals surface area contributed by atoms with Crippen molar-refractivity contribution in [1.82, 2.24) is 30.1 Å². The van der Waals surface area contributed by atoms with Crippen molar-refractivity contribution in [2.75, 3.05) is 0 Å². The molecule has 0 atom stereocenters. The van der Waals surface area contributed by atoms with Crippen LogP contribution < -0.4 is 14.6 Å². The van der Waals surface area contributed by atoms with Gasteiger partial charge in [-0.2, -0.15) is 18.3 Å². The molecule has 0 fully saturated rings. The molecule has 8 rings (SSSR count). The first-order chi connectivity index (χ1) is 31.6. The first-order valence-corrected chi connectivity index (χ1v) is 21.2. The summed E-state index contributed by atoms with van der Waals surface area (Å²) < 4.78 is 48.2. The van der Waals surface area contributed by atoms with Crippen molar-refractivity contribution in [1.29, 1.82) is 0 Å². The second kappa shape index (κ2) is 24.8. The summed E-state index contributed by atoms with van der Waals surface area (Å²) in [5.41, 5.74) is 5.26. The molecule has 66 heavy (non-hydrogen) atoms. The Hall–Kier alpha value is -7.08. The van der Waals surface area contributed by atoms with Crippen LogP contribution in [0.4, 0.5) is 13.2 Å². The zero-order valence-corrected chi connectivity index (χ0v) is 38.3. The predicted octanol–water partition coefficient (Wildman–Crippen LogP) is 11.5. The molecule has 0 aliphatic carbocycles. The first kappa shape index (κ1) is 49.9. The van der Waals surface area contributed by atoms with E-state index in [1.807, 2.05) is 48.5 Å². The van der Waals surface area contributed by atoms with Gasteiger partial charge in [0.15, 0.2) is 0 Å². The van der Waals surface area contributed by atoms with Crippen LogP contribution in [0.2, 0.25) is 0 Å². The SMILES string of the molecule is CCCCCCc1ccsc1-c1ccnc(-c2cc(C(F)(F)F)n[n-]2)c1.O=COc1ccnc(-c2cc(OC=O)cc(-c3cc(C#Cc4ccc5ccccc5c4)ccn3)n2)c1.[N-]=C=S.[Ru+2]. The maximum Gasteiger partial charge on any atom is 2.00 e. The second-order valence-corrected chi connectivity index (χ2v) is 14.9. The summed E-state index contributed by atoms with van der Waals surface area (Å²) in [5.74, 6) is 6.95. The molecule has 0 aliphatic heterocycles. The van der Waals surface area contributed by atoms with E-state index in [1.54, 1.807) is 54.1 Å². The van der Waals surface area contributed by atoms with E-state index < -0.39 is 11.9 Å². The third-order valence-electron chi connectivity index (χ3n) is 9.44. The standard InChI is InChI=1S/C29H17N3O4.C19H19F3N3S.CNS.Ru/c33-18-35-24-10-12-31-27(15-24)29-17-25(36-19-34)16-28(32-29)26-14-21(9-11-30-26)6-5-20-7-8-22-3-1-2-4-23(22)13-20;1-2-3-4-5-6-13-8-10-26-18(13)14-7-9-23-15(11-14)16-12-17(25-24-16)19(20,21)22;2-1-3;/h1-4,7-19H;7-12H,2-6H2,1H3;;/q;2*-1;+2. The first-order valence-electron chi connectivity index (χ1n) is 19.9. The summed E-state index contributed by atoms with van der Waals surface area (Å²) in [4.78, 5) is 40.4. The fourth-order valence-corrected chi connectivity index (χ4v) is 7.38. The Morgan fingerprint density at radius 1 is 0.727 bits per heavy atom. The van der Waals surface area contributed by atoms with Gasteiger partial charge in [0.2, 0.25) is 0 Å². The molecule has 2 aromatic carbocycles. The molecule has 0 spiro atoms. The number of benzene rings is 2. The van der Waals surface area contributed by atoms with Crippen molar-refractivity contribution in [3.8, 4) is 67.9 Å². The number of pyridine rings is 4. The van der Waals surface area contributed by atoms with Gasteiger partial charge in [-0.3, -0.25) is 24.5 Å². The molecule has 6 heterocycles. The topological polar surface area (TPSA) is 153 Å². The average molecular weight is 1010 g/mol. The molecule has 0 saturated heterocycles. The number of thiophene rings is 1. The summed E-state index contributed by atoms with van der Waals surface area (Å²) in [6, 6.07) is 30.8. The van der Waals surface area contributed by atoms with Crippen molar-refractivity contribution < 1.29 is 51.7 Å². The van der Waals surface area contributed by atoms with Crippen LogP contribution in [-0.2, 0) is 41.7 Å². The van der Waals surface area contributed by atoms with Gasteiger partial charge in [0.25, 0.3) is 12.9 Å². The van der Waals surface area contributed by atoms with Gasteiger partial charge in [0.05, 0.1) is 28.5 Å². The van der Waals surface area contributed by atoms with Gasteiger partial charge in [-0.05, 0) is 94.7 Å². The Kier molecular flexibility index (Phi) is 18.8. The molecule has 0 unspecified atom stereocenters. The average Bonchev–Trinajstić information content (AvgIpc) is 4.02. The quantitative estimate of drug-likeness (QED) is 0.0271. The summed E-state index contributed by atoms with van der Waals surface area (Å²) in [6.45, 7) is 2.85. The number of thiocarbonyl (C=S) groups is 1. The Morgan fingerprint density at radius 3 is 2.06 bits per heavy atom. The van der Waals surface area contributed by atoms with Gasteiger partial charge in [-0.1, -0.05) is 86.3 Å². The molecule has 11 nitrogen and oxygen atoms in total. The summed E-state index contributed by atoms with van der Waals surface area (Å²) in [6.07, 6.45) is 6.02. The van der Waals surface area contributed by atoms with Gasteiger partial charge < -0.3 is 25.1 Å². The van der Waals surface area contributed by atoms with Crippen molar-refractivity contribution in [3.63, 3.8) is 0 Å². The smallest absolute Gasteiger partial charge is 0.753 e. The van der Waals surface area contributed by atoms with Gasteiger partial charge in [-0.25, -0.2) is 4.98 Å². The molecular weight excluding hydrogens is 973 g/mol. The number of carbonyl (C=O) groups is 2. The van der Waals surface area contributed by atoms with E-state index in [-0.39, 0.29) is 30.9 Å². The zero-order valence-electron chi connectivity index (χ0n) is 34.9. The Morgan fingerprint density at radius 2 is 1.36 bits per heavy atom. The Labute approximate surface area is 400 Å². The van der Waals surface area contributed by atoms with Crippen LogP contribution in [0.1, 0.15) is 55.0 Å². The van der Waals surface area contributed by atoms with Crippen molar-refractivity contribution in [2.45, 2.75) is 45.2 Å². The number of halogens is 3. The number of unbranched alkanes of at least 4 members (excludes halogenated alkanes) is 3. The fourth-order valence-electron chi connectivity index (χ4n) is 6.43. The van der Waals surface area contributed by atoms with E-state index in [4.69, 9.17) is 14.9 Å². The molecule has 0 bridgehead atoms. The minimum absolute atomic E-state index is 0. The largest absolute Gasteiger partial charge is 2.00 e. The van der Waals surface area contributed by atoms with E-state index >= 15 is 0 Å². The van der Waals surface area contributed by atoms with E-state index in [9.17, 15) is 22.8 Å². The Bertz CT molecular complexity index is 3000. The minimum Gasteiger partial charge on any atom is -0.753 e. The molecule has 17 heteroatoms. The van der Waals surface area contributed by atoms with E-state index in [0.717, 1.165) is 51.2 Å². The Balaban J connectivity index is 0.000000241. The summed E-state index contributed by atoms with van der Waals surface area (Å²) in [7, 11) is 0. The maximum absolute atomic E-state index is 12.7. The zero-order chi connectivity index (χ0) is 46.0. The fraction of sp³-hybridized carbons (Fsp3) is 0.143. The molecule has 8 aromatic rings. The molecule has 0 radical (unpaired) electrons. The van der Waals surface area contributed by atoms with E-state index in [2.05, 4.69) is 84.7 Å². The van der Waals surface area contributed by atoms with Crippen LogP contribution in [0.3, 0.4) is 0 Å². The van der Waals surface area contributed by atoms with Gasteiger partial charge in [0, 0.05) is 52.8 Å². The van der Waals surface area contributed by atoms with Crippen LogP contribution >= 0.6 is 23.6 Å². The monoisotopic (exact) mass is 1010 g/mol. The number of nitrogens with zero attached hydrogens (tertiary/aromatic N) is 7. The second-order valence-electron chi connectivity index (χ2n) is 13.8. The number of fused-ring (bicyclic) bond motifs is 1. The number of isothiocyanates is 1. The molecule has 332 valence electrons. The van der Waals surface area contributed by atoms with Crippen LogP contribution in [0.15, 0.2) is 127 Å². The molecule has 6 aromatic heterocycles. The number of ether oxygens (including phenoxy) is 2. The van der Waals surface area contributed by atoms with Crippen molar-refractivity contribution in [3.05, 3.63) is 155 Å². The molecule has 0 saturated carbocycles. The number of hydrogen-bond acceptors (Lipinski definition) is 11. The number of aryl methyl sites for hydroxylation is 1. The van der Waals surface area contributed by atoms with Crippen LogP contribution in [0.25, 0.3) is 60.8 Å². The number of alkyl halides is 3. The number of hydrogen-bond donors (Lipinski definition) is 0. The third kappa shape index (κ3) is 14.0. The predicted molar refractivity (Wildman–Crippen MR) is 247 cm³/mol. The third-order valence-corrected chi connectivity index (χ3v) is 10.5. The summed E-state index contributed by atoms with van der Waals surface area (Å²) in [5, 5.41) is 19.7. The summed E-state index contributed by atoms with van der Waals surface area (Å²) >= 11 is 5.34. The van der Waals surface area contributed by atoms with Crippen molar-refractivity contribution in [2.24, 2.45) is 0 Å². The molecular formula is C49H36F3N7O4RuS2. The van der Waals surface area contributed by atoms with E-state index in [1.165, 1.54) is 36.2 Å². The number of aromatic nitrogens is 6. The van der Waals surface area contributed by atoms with Gasteiger partial charge in [-0.15, -0.1) is 11.3 Å².